The Bertz CT molecular complexity index is 758. The summed E-state index contributed by atoms with van der Waals surface area (Å²) in [4.78, 5) is 37.5. The smallest absolute Gasteiger partial charge is 0.324 e. The van der Waals surface area contributed by atoms with Crippen LogP contribution in [0.5, 0.6) is 0 Å². The van der Waals surface area contributed by atoms with Gasteiger partial charge in [-0.05, 0) is 30.5 Å². The van der Waals surface area contributed by atoms with E-state index < -0.39 is 12.1 Å². The second kappa shape index (κ2) is 8.33. The highest BCUT2D eigenvalue weighted by molar-refractivity contribution is 6.04. The maximum atomic E-state index is 12.4. The van der Waals surface area contributed by atoms with Crippen molar-refractivity contribution in [2.45, 2.75) is 31.8 Å². The Morgan fingerprint density at radius 1 is 1.15 bits per heavy atom. The van der Waals surface area contributed by atoms with Crippen LogP contribution in [-0.4, -0.2) is 35.3 Å². The van der Waals surface area contributed by atoms with E-state index in [2.05, 4.69) is 10.6 Å². The van der Waals surface area contributed by atoms with Crippen LogP contribution >= 0.6 is 0 Å². The van der Waals surface area contributed by atoms with E-state index in [-0.39, 0.29) is 24.7 Å². The van der Waals surface area contributed by atoms with Crippen molar-refractivity contribution in [2.75, 3.05) is 6.54 Å². The Kier molecular flexibility index (Phi) is 5.68. The molecule has 0 aliphatic carbocycles. The maximum absolute atomic E-state index is 12.4. The van der Waals surface area contributed by atoms with Crippen molar-refractivity contribution in [3.63, 3.8) is 0 Å². The molecule has 0 spiro atoms. The lowest BCUT2D eigenvalue weighted by molar-refractivity contribution is -0.127. The zero-order valence-corrected chi connectivity index (χ0v) is 14.3. The van der Waals surface area contributed by atoms with Crippen molar-refractivity contribution < 1.29 is 18.8 Å². The summed E-state index contributed by atoms with van der Waals surface area (Å²) in [6.07, 6.45) is 2.58. The van der Waals surface area contributed by atoms with Crippen molar-refractivity contribution in [3.05, 3.63) is 60.1 Å². The molecular formula is C19H21N3O4. The summed E-state index contributed by atoms with van der Waals surface area (Å²) in [5, 5.41) is 5.38. The Morgan fingerprint density at radius 2 is 1.96 bits per heavy atom. The highest BCUT2D eigenvalue weighted by Crippen LogP contribution is 2.13. The maximum Gasteiger partial charge on any atom is 0.324 e. The molecule has 7 nitrogen and oxygen atoms in total. The summed E-state index contributed by atoms with van der Waals surface area (Å²) in [5.41, 5.74) is 1.06. The quantitative estimate of drug-likeness (QED) is 0.707. The van der Waals surface area contributed by atoms with Gasteiger partial charge in [0.25, 0.3) is 5.91 Å². The fourth-order valence-electron chi connectivity index (χ4n) is 2.83. The van der Waals surface area contributed by atoms with Crippen LogP contribution in [0.2, 0.25) is 0 Å². The number of hydrogen-bond donors (Lipinski definition) is 2. The van der Waals surface area contributed by atoms with E-state index in [0.717, 1.165) is 5.56 Å². The molecule has 2 aromatic rings. The van der Waals surface area contributed by atoms with Gasteiger partial charge in [-0.1, -0.05) is 30.3 Å². The number of nitrogens with zero attached hydrogens (tertiary/aromatic N) is 1. The summed E-state index contributed by atoms with van der Waals surface area (Å²) in [7, 11) is 0. The van der Waals surface area contributed by atoms with Gasteiger partial charge in [-0.2, -0.15) is 0 Å². The van der Waals surface area contributed by atoms with Gasteiger partial charge in [0, 0.05) is 13.0 Å². The molecule has 2 N–H and O–H groups in total. The van der Waals surface area contributed by atoms with E-state index in [1.54, 1.807) is 12.1 Å². The molecule has 26 heavy (non-hydrogen) atoms. The van der Waals surface area contributed by atoms with Gasteiger partial charge in [0.2, 0.25) is 5.91 Å². The number of hydrogen-bond acceptors (Lipinski definition) is 4. The lowest BCUT2D eigenvalue weighted by Gasteiger charge is -2.13. The van der Waals surface area contributed by atoms with E-state index in [9.17, 15) is 14.4 Å². The molecule has 136 valence electrons. The monoisotopic (exact) mass is 355 g/mol. The zero-order chi connectivity index (χ0) is 18.4. The van der Waals surface area contributed by atoms with Gasteiger partial charge < -0.3 is 15.1 Å². The molecule has 1 aliphatic rings. The number of rotatable bonds is 8. The van der Waals surface area contributed by atoms with Crippen LogP contribution in [0.25, 0.3) is 0 Å². The van der Waals surface area contributed by atoms with Gasteiger partial charge in [-0.25, -0.2) is 4.79 Å². The minimum atomic E-state index is -0.646. The van der Waals surface area contributed by atoms with Crippen LogP contribution < -0.4 is 10.6 Å². The van der Waals surface area contributed by atoms with Crippen LogP contribution in [0.1, 0.15) is 24.2 Å². The molecule has 1 fully saturated rings. The van der Waals surface area contributed by atoms with Crippen molar-refractivity contribution in [2.24, 2.45) is 0 Å². The number of urea groups is 1. The third-order valence-electron chi connectivity index (χ3n) is 4.27. The topological polar surface area (TPSA) is 91.7 Å². The molecule has 1 aliphatic heterocycles. The van der Waals surface area contributed by atoms with Gasteiger partial charge in [0.1, 0.15) is 11.8 Å². The van der Waals surface area contributed by atoms with E-state index in [4.69, 9.17) is 4.42 Å². The average molecular weight is 355 g/mol. The Labute approximate surface area is 151 Å². The van der Waals surface area contributed by atoms with E-state index in [1.807, 2.05) is 30.3 Å². The predicted molar refractivity (Wildman–Crippen MR) is 94.0 cm³/mol. The lowest BCUT2D eigenvalue weighted by Crippen LogP contribution is -2.33. The minimum Gasteiger partial charge on any atom is -0.467 e. The number of nitrogens with one attached hydrogen (secondary N) is 2. The number of benzene rings is 1. The molecule has 0 unspecified atom stereocenters. The molecule has 1 aromatic heterocycles. The van der Waals surface area contributed by atoms with Crippen LogP contribution in [0.3, 0.4) is 0 Å². The first kappa shape index (κ1) is 17.7. The summed E-state index contributed by atoms with van der Waals surface area (Å²) in [5.74, 6) is 0.201. The van der Waals surface area contributed by atoms with E-state index in [1.165, 1.54) is 11.2 Å². The first-order chi connectivity index (χ1) is 12.6. The molecule has 1 aromatic carbocycles. The van der Waals surface area contributed by atoms with Crippen molar-refractivity contribution in [1.29, 1.82) is 0 Å². The van der Waals surface area contributed by atoms with Crippen molar-refractivity contribution in [1.82, 2.24) is 15.5 Å². The van der Waals surface area contributed by atoms with Crippen LogP contribution in [0.4, 0.5) is 4.79 Å². The SMILES string of the molecule is O=C(CC[C@H]1NC(=O)N(CCc2ccccc2)C1=O)NCc1ccco1. The molecule has 0 saturated carbocycles. The highest BCUT2D eigenvalue weighted by Gasteiger charge is 2.37. The third-order valence-corrected chi connectivity index (χ3v) is 4.27. The van der Waals surface area contributed by atoms with Gasteiger partial charge in [0.15, 0.2) is 0 Å². The van der Waals surface area contributed by atoms with Gasteiger partial charge >= 0.3 is 6.03 Å². The second-order valence-corrected chi connectivity index (χ2v) is 6.12. The molecule has 3 rings (SSSR count). The van der Waals surface area contributed by atoms with Crippen molar-refractivity contribution in [3.8, 4) is 0 Å². The molecule has 2 heterocycles. The third kappa shape index (κ3) is 4.50. The summed E-state index contributed by atoms with van der Waals surface area (Å²) in [6.45, 7) is 0.635. The van der Waals surface area contributed by atoms with E-state index in [0.29, 0.717) is 25.3 Å². The lowest BCUT2D eigenvalue weighted by atomic mass is 10.1. The van der Waals surface area contributed by atoms with Crippen LogP contribution in [0.15, 0.2) is 53.1 Å². The number of carbonyl (C=O) groups is 3. The van der Waals surface area contributed by atoms with Crippen LogP contribution in [0, 0.1) is 0 Å². The fourth-order valence-corrected chi connectivity index (χ4v) is 2.83. The van der Waals surface area contributed by atoms with Gasteiger partial charge in [0.05, 0.1) is 12.8 Å². The first-order valence-corrected chi connectivity index (χ1v) is 8.58. The molecule has 7 heteroatoms. The molecular weight excluding hydrogens is 334 g/mol. The second-order valence-electron chi connectivity index (χ2n) is 6.12. The molecule has 1 saturated heterocycles. The van der Waals surface area contributed by atoms with Gasteiger partial charge in [-0.15, -0.1) is 0 Å². The Balaban J connectivity index is 1.43. The number of carbonyl (C=O) groups excluding carboxylic acids is 3. The average Bonchev–Trinajstić information content (AvgIpc) is 3.26. The van der Waals surface area contributed by atoms with Crippen LogP contribution in [-0.2, 0) is 22.6 Å². The predicted octanol–water partition coefficient (Wildman–Crippen LogP) is 1.84. The standard InChI is InChI=1S/C19H21N3O4/c23-17(20-13-15-7-4-12-26-15)9-8-16-18(24)22(19(25)21-16)11-10-14-5-2-1-3-6-14/h1-7,12,16H,8-11,13H2,(H,20,23)(H,21,25)/t16-/m1/s1. The number of imide groups is 1. The molecule has 4 amide bonds. The summed E-state index contributed by atoms with van der Waals surface area (Å²) >= 11 is 0. The Morgan fingerprint density at radius 3 is 2.69 bits per heavy atom. The number of amides is 4. The minimum absolute atomic E-state index is 0.157. The van der Waals surface area contributed by atoms with E-state index >= 15 is 0 Å². The molecule has 0 radical (unpaired) electrons. The normalized spacial score (nSPS) is 16.6. The van der Waals surface area contributed by atoms with Crippen molar-refractivity contribution >= 4 is 17.8 Å². The zero-order valence-electron chi connectivity index (χ0n) is 14.3. The largest absolute Gasteiger partial charge is 0.467 e. The highest BCUT2D eigenvalue weighted by atomic mass is 16.3. The van der Waals surface area contributed by atoms with Gasteiger partial charge in [-0.3, -0.25) is 14.5 Å². The first-order valence-electron chi connectivity index (χ1n) is 8.58. The molecule has 0 bridgehead atoms. The molecule has 1 atom stereocenters. The Hall–Kier alpha value is -3.09. The number of furan rings is 1. The fraction of sp³-hybridized carbons (Fsp3) is 0.316. The summed E-state index contributed by atoms with van der Waals surface area (Å²) in [6, 6.07) is 12.2. The summed E-state index contributed by atoms with van der Waals surface area (Å²) < 4.78 is 5.14.